The quantitative estimate of drug-likeness (QED) is 0.853. The standard InChI is InChI=1S/C14H15Cl2NO2/c15-12-4-1-5-13(16)11(12)6-7-14(19)17-8-2-3-10(18)9-17/h1,4-7,10,18H,2-3,8-9H2/b7-6+. The second-order valence-corrected chi connectivity index (χ2v) is 5.36. The largest absolute Gasteiger partial charge is 0.391 e. The van der Waals surface area contributed by atoms with E-state index in [1.54, 1.807) is 29.2 Å². The number of halogens is 2. The molecule has 0 spiro atoms. The predicted molar refractivity (Wildman–Crippen MR) is 77.3 cm³/mol. The van der Waals surface area contributed by atoms with Gasteiger partial charge in [-0.05, 0) is 31.1 Å². The van der Waals surface area contributed by atoms with Gasteiger partial charge in [0.1, 0.15) is 0 Å². The third-order valence-electron chi connectivity index (χ3n) is 3.10. The van der Waals surface area contributed by atoms with E-state index >= 15 is 0 Å². The first-order chi connectivity index (χ1) is 9.08. The van der Waals surface area contributed by atoms with Gasteiger partial charge in [-0.25, -0.2) is 0 Å². The zero-order valence-corrected chi connectivity index (χ0v) is 11.9. The number of β-amino-alcohol motifs (C(OH)–C–C–N with tert-alkyl or cyclic N) is 1. The third kappa shape index (κ3) is 3.72. The Morgan fingerprint density at radius 2 is 2.05 bits per heavy atom. The van der Waals surface area contributed by atoms with Crippen LogP contribution in [0, 0.1) is 0 Å². The van der Waals surface area contributed by atoms with E-state index in [1.165, 1.54) is 6.08 Å². The summed E-state index contributed by atoms with van der Waals surface area (Å²) in [5, 5.41) is 10.6. The molecule has 0 radical (unpaired) electrons. The molecule has 1 aromatic rings. The van der Waals surface area contributed by atoms with Crippen LogP contribution in [0.2, 0.25) is 10.0 Å². The molecule has 1 aliphatic heterocycles. The van der Waals surface area contributed by atoms with E-state index in [1.807, 2.05) is 0 Å². The highest BCUT2D eigenvalue weighted by Gasteiger charge is 2.20. The Kier molecular flexibility index (Phi) is 4.86. The summed E-state index contributed by atoms with van der Waals surface area (Å²) in [5.41, 5.74) is 0.636. The van der Waals surface area contributed by atoms with E-state index in [4.69, 9.17) is 23.2 Å². The second kappa shape index (κ2) is 6.42. The van der Waals surface area contributed by atoms with Crippen molar-refractivity contribution in [1.82, 2.24) is 4.90 Å². The Morgan fingerprint density at radius 3 is 2.68 bits per heavy atom. The van der Waals surface area contributed by atoms with Gasteiger partial charge in [0.15, 0.2) is 0 Å². The first-order valence-corrected chi connectivity index (χ1v) is 6.92. The van der Waals surface area contributed by atoms with E-state index in [-0.39, 0.29) is 5.91 Å². The molecule has 0 aliphatic carbocycles. The fourth-order valence-corrected chi connectivity index (χ4v) is 2.61. The van der Waals surface area contributed by atoms with Crippen molar-refractivity contribution in [2.24, 2.45) is 0 Å². The van der Waals surface area contributed by atoms with E-state index in [2.05, 4.69) is 0 Å². The van der Waals surface area contributed by atoms with Gasteiger partial charge in [-0.3, -0.25) is 4.79 Å². The molecular formula is C14H15Cl2NO2. The Bertz CT molecular complexity index is 482. The molecule has 1 atom stereocenters. The minimum Gasteiger partial charge on any atom is -0.391 e. The summed E-state index contributed by atoms with van der Waals surface area (Å²) >= 11 is 12.0. The summed E-state index contributed by atoms with van der Waals surface area (Å²) < 4.78 is 0. The van der Waals surface area contributed by atoms with Crippen LogP contribution < -0.4 is 0 Å². The fraction of sp³-hybridized carbons (Fsp3) is 0.357. The molecule has 1 heterocycles. The maximum atomic E-state index is 12.0. The average molecular weight is 300 g/mol. The van der Waals surface area contributed by atoms with Crippen LogP contribution in [0.1, 0.15) is 18.4 Å². The Hall–Kier alpha value is -1.03. The molecule has 0 saturated carbocycles. The molecule has 2 rings (SSSR count). The number of aliphatic hydroxyl groups excluding tert-OH is 1. The van der Waals surface area contributed by atoms with Gasteiger partial charge in [0.2, 0.25) is 5.91 Å². The van der Waals surface area contributed by atoms with Crippen LogP contribution in [-0.2, 0) is 4.79 Å². The van der Waals surface area contributed by atoms with Gasteiger partial charge in [0.05, 0.1) is 6.10 Å². The summed E-state index contributed by atoms with van der Waals surface area (Å²) in [4.78, 5) is 13.6. The van der Waals surface area contributed by atoms with E-state index in [9.17, 15) is 9.90 Å². The summed E-state index contributed by atoms with van der Waals surface area (Å²) in [7, 11) is 0. The second-order valence-electron chi connectivity index (χ2n) is 4.55. The maximum absolute atomic E-state index is 12.0. The molecule has 5 heteroatoms. The van der Waals surface area contributed by atoms with Gasteiger partial charge in [0, 0.05) is 34.8 Å². The van der Waals surface area contributed by atoms with Gasteiger partial charge in [-0.2, -0.15) is 0 Å². The van der Waals surface area contributed by atoms with Crippen molar-refractivity contribution in [3.63, 3.8) is 0 Å². The summed E-state index contributed by atoms with van der Waals surface area (Å²) in [6.45, 7) is 1.07. The number of rotatable bonds is 2. The molecule has 1 fully saturated rings. The van der Waals surface area contributed by atoms with Crippen molar-refractivity contribution in [1.29, 1.82) is 0 Å². The summed E-state index contributed by atoms with van der Waals surface area (Å²) in [6.07, 6.45) is 4.23. The van der Waals surface area contributed by atoms with Crippen LogP contribution in [0.25, 0.3) is 6.08 Å². The van der Waals surface area contributed by atoms with Gasteiger partial charge in [-0.1, -0.05) is 29.3 Å². The van der Waals surface area contributed by atoms with Crippen LogP contribution in [0.15, 0.2) is 24.3 Å². The van der Waals surface area contributed by atoms with Crippen molar-refractivity contribution in [2.45, 2.75) is 18.9 Å². The highest BCUT2D eigenvalue weighted by Crippen LogP contribution is 2.25. The van der Waals surface area contributed by atoms with Crippen LogP contribution in [0.4, 0.5) is 0 Å². The average Bonchev–Trinajstić information content (AvgIpc) is 2.38. The predicted octanol–water partition coefficient (Wildman–Crippen LogP) is 2.99. The molecule has 0 bridgehead atoms. The van der Waals surface area contributed by atoms with Crippen molar-refractivity contribution in [3.05, 3.63) is 39.9 Å². The first kappa shape index (κ1) is 14.4. The minimum atomic E-state index is -0.421. The fourth-order valence-electron chi connectivity index (χ4n) is 2.08. The van der Waals surface area contributed by atoms with Crippen molar-refractivity contribution < 1.29 is 9.90 Å². The first-order valence-electron chi connectivity index (χ1n) is 6.17. The summed E-state index contributed by atoms with van der Waals surface area (Å²) in [6, 6.07) is 5.20. The van der Waals surface area contributed by atoms with E-state index in [0.717, 1.165) is 12.8 Å². The highest BCUT2D eigenvalue weighted by atomic mass is 35.5. The van der Waals surface area contributed by atoms with Crippen LogP contribution in [0.5, 0.6) is 0 Å². The number of amides is 1. The number of likely N-dealkylation sites (tertiary alicyclic amines) is 1. The molecule has 1 unspecified atom stereocenters. The molecule has 1 N–H and O–H groups in total. The number of aliphatic hydroxyl groups is 1. The number of hydrogen-bond donors (Lipinski definition) is 1. The number of piperidine rings is 1. The molecule has 1 aliphatic rings. The topological polar surface area (TPSA) is 40.5 Å². The molecule has 3 nitrogen and oxygen atoms in total. The Balaban J connectivity index is 2.08. The number of nitrogens with zero attached hydrogens (tertiary/aromatic N) is 1. The van der Waals surface area contributed by atoms with E-state index < -0.39 is 6.10 Å². The zero-order chi connectivity index (χ0) is 13.8. The molecule has 1 saturated heterocycles. The van der Waals surface area contributed by atoms with Crippen LogP contribution in [0.3, 0.4) is 0 Å². The molecule has 102 valence electrons. The lowest BCUT2D eigenvalue weighted by atomic mass is 10.1. The lowest BCUT2D eigenvalue weighted by Crippen LogP contribution is -2.41. The lowest BCUT2D eigenvalue weighted by Gasteiger charge is -2.29. The maximum Gasteiger partial charge on any atom is 0.246 e. The van der Waals surface area contributed by atoms with Gasteiger partial charge < -0.3 is 10.0 Å². The monoisotopic (exact) mass is 299 g/mol. The number of carbonyl (C=O) groups is 1. The molecule has 1 aromatic carbocycles. The molecule has 0 aromatic heterocycles. The van der Waals surface area contributed by atoms with E-state index in [0.29, 0.717) is 28.7 Å². The lowest BCUT2D eigenvalue weighted by molar-refractivity contribution is -0.128. The van der Waals surface area contributed by atoms with Crippen LogP contribution >= 0.6 is 23.2 Å². The smallest absolute Gasteiger partial charge is 0.246 e. The SMILES string of the molecule is O=C(/C=C/c1c(Cl)cccc1Cl)N1CCCC(O)C1. The van der Waals surface area contributed by atoms with Crippen molar-refractivity contribution in [3.8, 4) is 0 Å². The summed E-state index contributed by atoms with van der Waals surface area (Å²) in [5.74, 6) is -0.130. The Morgan fingerprint density at radius 1 is 1.37 bits per heavy atom. The number of hydrogen-bond acceptors (Lipinski definition) is 2. The van der Waals surface area contributed by atoms with Gasteiger partial charge in [0.25, 0.3) is 0 Å². The number of carbonyl (C=O) groups excluding carboxylic acids is 1. The Labute approximate surface area is 122 Å². The molecule has 1 amide bonds. The normalized spacial score (nSPS) is 19.9. The van der Waals surface area contributed by atoms with Gasteiger partial charge >= 0.3 is 0 Å². The zero-order valence-electron chi connectivity index (χ0n) is 10.4. The van der Waals surface area contributed by atoms with Crippen molar-refractivity contribution in [2.75, 3.05) is 13.1 Å². The van der Waals surface area contributed by atoms with Crippen molar-refractivity contribution >= 4 is 35.2 Å². The van der Waals surface area contributed by atoms with Crippen LogP contribution in [-0.4, -0.2) is 35.1 Å². The number of benzene rings is 1. The molecule has 19 heavy (non-hydrogen) atoms. The minimum absolute atomic E-state index is 0.130. The third-order valence-corrected chi connectivity index (χ3v) is 3.76. The highest BCUT2D eigenvalue weighted by molar-refractivity contribution is 6.37. The van der Waals surface area contributed by atoms with Gasteiger partial charge in [-0.15, -0.1) is 0 Å². The molecular weight excluding hydrogens is 285 g/mol.